The van der Waals surface area contributed by atoms with Gasteiger partial charge in [-0.25, -0.2) is 9.97 Å². The van der Waals surface area contributed by atoms with E-state index in [1.807, 2.05) is 0 Å². The standard InChI is InChI=1S/C14H20ClN3/c15-12-9-16-11-17-13(12)18-8-4-7-14(10-18)5-2-1-3-6-14/h9,11H,1-8,10H2. The first-order valence-corrected chi connectivity index (χ1v) is 7.37. The first-order chi connectivity index (χ1) is 8.79. The van der Waals surface area contributed by atoms with E-state index in [4.69, 9.17) is 11.6 Å². The molecule has 0 atom stereocenters. The average Bonchev–Trinajstić information content (AvgIpc) is 2.40. The van der Waals surface area contributed by atoms with Crippen LogP contribution < -0.4 is 4.90 Å². The lowest BCUT2D eigenvalue weighted by Crippen LogP contribution is -2.44. The van der Waals surface area contributed by atoms with Crippen LogP contribution in [0.15, 0.2) is 12.5 Å². The van der Waals surface area contributed by atoms with Crippen molar-refractivity contribution in [2.24, 2.45) is 5.41 Å². The molecular formula is C14H20ClN3. The molecule has 0 amide bonds. The maximum atomic E-state index is 6.22. The van der Waals surface area contributed by atoms with Crippen molar-refractivity contribution in [2.45, 2.75) is 44.9 Å². The zero-order valence-corrected chi connectivity index (χ0v) is 11.5. The second-order valence-electron chi connectivity index (χ2n) is 5.78. The Labute approximate surface area is 114 Å². The molecule has 0 radical (unpaired) electrons. The van der Waals surface area contributed by atoms with E-state index in [0.29, 0.717) is 10.4 Å². The van der Waals surface area contributed by atoms with Crippen LogP contribution in [-0.4, -0.2) is 23.1 Å². The van der Waals surface area contributed by atoms with E-state index in [0.717, 1.165) is 18.9 Å². The number of anilines is 1. The maximum absolute atomic E-state index is 6.22. The van der Waals surface area contributed by atoms with Crippen LogP contribution >= 0.6 is 11.6 Å². The van der Waals surface area contributed by atoms with Gasteiger partial charge in [-0.15, -0.1) is 0 Å². The molecule has 0 bridgehead atoms. The van der Waals surface area contributed by atoms with Crippen molar-refractivity contribution in [1.82, 2.24) is 9.97 Å². The quantitative estimate of drug-likeness (QED) is 0.776. The molecule has 98 valence electrons. The number of rotatable bonds is 1. The fourth-order valence-corrected chi connectivity index (χ4v) is 3.86. The SMILES string of the molecule is Clc1cncnc1N1CCCC2(CCCCC2)C1. The van der Waals surface area contributed by atoms with Crippen LogP contribution in [0.25, 0.3) is 0 Å². The summed E-state index contributed by atoms with van der Waals surface area (Å²) in [6.45, 7) is 2.21. The Kier molecular flexibility index (Phi) is 3.42. The van der Waals surface area contributed by atoms with Gasteiger partial charge in [0.15, 0.2) is 5.82 Å². The Morgan fingerprint density at radius 2 is 1.89 bits per heavy atom. The van der Waals surface area contributed by atoms with Crippen molar-refractivity contribution in [2.75, 3.05) is 18.0 Å². The van der Waals surface area contributed by atoms with Gasteiger partial charge in [0.2, 0.25) is 0 Å². The summed E-state index contributed by atoms with van der Waals surface area (Å²) >= 11 is 6.22. The molecule has 1 saturated carbocycles. The first kappa shape index (κ1) is 12.2. The number of nitrogens with zero attached hydrogens (tertiary/aromatic N) is 3. The molecule has 2 aliphatic rings. The van der Waals surface area contributed by atoms with E-state index < -0.39 is 0 Å². The minimum absolute atomic E-state index is 0.533. The zero-order valence-electron chi connectivity index (χ0n) is 10.7. The fourth-order valence-electron chi connectivity index (χ4n) is 3.64. The molecule has 0 unspecified atom stereocenters. The number of aromatic nitrogens is 2. The lowest BCUT2D eigenvalue weighted by Gasteiger charge is -2.45. The molecule has 1 aromatic heterocycles. The molecule has 3 rings (SSSR count). The summed E-state index contributed by atoms with van der Waals surface area (Å²) in [4.78, 5) is 10.7. The molecule has 1 aromatic rings. The summed E-state index contributed by atoms with van der Waals surface area (Å²) in [5, 5.41) is 0.686. The van der Waals surface area contributed by atoms with E-state index in [1.54, 1.807) is 12.5 Å². The van der Waals surface area contributed by atoms with Crippen molar-refractivity contribution >= 4 is 17.4 Å². The summed E-state index contributed by atoms with van der Waals surface area (Å²) in [6, 6.07) is 0. The zero-order chi connectivity index (χ0) is 12.4. The molecule has 1 aliphatic heterocycles. The molecule has 3 nitrogen and oxygen atoms in total. The fraction of sp³-hybridized carbons (Fsp3) is 0.714. The van der Waals surface area contributed by atoms with Crippen molar-refractivity contribution in [3.8, 4) is 0 Å². The van der Waals surface area contributed by atoms with Gasteiger partial charge in [-0.1, -0.05) is 30.9 Å². The van der Waals surface area contributed by atoms with Crippen molar-refractivity contribution in [3.05, 3.63) is 17.5 Å². The number of hydrogen-bond acceptors (Lipinski definition) is 3. The largest absolute Gasteiger partial charge is 0.355 e. The highest BCUT2D eigenvalue weighted by atomic mass is 35.5. The van der Waals surface area contributed by atoms with E-state index in [9.17, 15) is 0 Å². The minimum Gasteiger partial charge on any atom is -0.355 e. The lowest BCUT2D eigenvalue weighted by atomic mass is 9.69. The van der Waals surface area contributed by atoms with E-state index in [2.05, 4.69) is 14.9 Å². The Hall–Kier alpha value is -0.830. The second-order valence-corrected chi connectivity index (χ2v) is 6.19. The van der Waals surface area contributed by atoms with Crippen LogP contribution in [0.4, 0.5) is 5.82 Å². The van der Waals surface area contributed by atoms with Crippen molar-refractivity contribution in [3.63, 3.8) is 0 Å². The third kappa shape index (κ3) is 2.33. The van der Waals surface area contributed by atoms with E-state index >= 15 is 0 Å². The van der Waals surface area contributed by atoms with Gasteiger partial charge in [0.25, 0.3) is 0 Å². The molecule has 0 aromatic carbocycles. The van der Waals surface area contributed by atoms with E-state index in [1.165, 1.54) is 44.9 Å². The van der Waals surface area contributed by atoms with Crippen LogP contribution in [0.2, 0.25) is 5.02 Å². The Morgan fingerprint density at radius 1 is 1.11 bits per heavy atom. The van der Waals surface area contributed by atoms with Gasteiger partial charge in [-0.05, 0) is 31.1 Å². The molecule has 1 spiro atoms. The number of piperidine rings is 1. The van der Waals surface area contributed by atoms with Gasteiger partial charge in [0, 0.05) is 13.1 Å². The molecule has 2 fully saturated rings. The maximum Gasteiger partial charge on any atom is 0.150 e. The normalized spacial score (nSPS) is 23.3. The predicted molar refractivity (Wildman–Crippen MR) is 74.0 cm³/mol. The van der Waals surface area contributed by atoms with Crippen LogP contribution in [0, 0.1) is 5.41 Å². The van der Waals surface area contributed by atoms with Gasteiger partial charge in [-0.2, -0.15) is 0 Å². The van der Waals surface area contributed by atoms with Gasteiger partial charge in [-0.3, -0.25) is 0 Å². The number of hydrogen-bond donors (Lipinski definition) is 0. The third-order valence-corrected chi connectivity index (χ3v) is 4.79. The van der Waals surface area contributed by atoms with Gasteiger partial charge < -0.3 is 4.90 Å². The second kappa shape index (κ2) is 5.04. The highest BCUT2D eigenvalue weighted by Gasteiger charge is 2.37. The van der Waals surface area contributed by atoms with Gasteiger partial charge in [0.05, 0.1) is 6.20 Å². The lowest BCUT2D eigenvalue weighted by molar-refractivity contribution is 0.155. The molecule has 18 heavy (non-hydrogen) atoms. The van der Waals surface area contributed by atoms with Crippen molar-refractivity contribution < 1.29 is 0 Å². The summed E-state index contributed by atoms with van der Waals surface area (Å²) < 4.78 is 0. The van der Waals surface area contributed by atoms with Crippen LogP contribution in [0.3, 0.4) is 0 Å². The Bertz CT molecular complexity index is 410. The highest BCUT2D eigenvalue weighted by Crippen LogP contribution is 2.44. The molecular weight excluding hydrogens is 246 g/mol. The summed E-state index contributed by atoms with van der Waals surface area (Å²) in [5.74, 6) is 0.927. The molecule has 2 heterocycles. The highest BCUT2D eigenvalue weighted by molar-refractivity contribution is 6.32. The van der Waals surface area contributed by atoms with Gasteiger partial charge >= 0.3 is 0 Å². The van der Waals surface area contributed by atoms with Crippen LogP contribution in [-0.2, 0) is 0 Å². The monoisotopic (exact) mass is 265 g/mol. The smallest absolute Gasteiger partial charge is 0.150 e. The molecule has 0 N–H and O–H groups in total. The minimum atomic E-state index is 0.533. The van der Waals surface area contributed by atoms with Crippen LogP contribution in [0.1, 0.15) is 44.9 Å². The summed E-state index contributed by atoms with van der Waals surface area (Å²) in [5.41, 5.74) is 0.533. The van der Waals surface area contributed by atoms with E-state index in [-0.39, 0.29) is 0 Å². The molecule has 4 heteroatoms. The third-order valence-electron chi connectivity index (χ3n) is 4.52. The number of halogens is 1. The molecule has 1 saturated heterocycles. The Morgan fingerprint density at radius 3 is 2.67 bits per heavy atom. The van der Waals surface area contributed by atoms with Crippen molar-refractivity contribution in [1.29, 1.82) is 0 Å². The Balaban J connectivity index is 1.80. The van der Waals surface area contributed by atoms with Crippen LogP contribution in [0.5, 0.6) is 0 Å². The average molecular weight is 266 g/mol. The predicted octanol–water partition coefficient (Wildman–Crippen LogP) is 3.68. The summed E-state index contributed by atoms with van der Waals surface area (Å²) in [6.07, 6.45) is 12.9. The first-order valence-electron chi connectivity index (χ1n) is 7.00. The molecule has 1 aliphatic carbocycles. The topological polar surface area (TPSA) is 29.0 Å². The summed E-state index contributed by atoms with van der Waals surface area (Å²) in [7, 11) is 0. The van der Waals surface area contributed by atoms with Gasteiger partial charge in [0.1, 0.15) is 11.3 Å².